The minimum atomic E-state index is 0.401. The number of halogens is 2. The molecule has 1 aromatic carbocycles. The third-order valence-electron chi connectivity index (χ3n) is 2.09. The van der Waals surface area contributed by atoms with Crippen LogP contribution in [0.3, 0.4) is 0 Å². The van der Waals surface area contributed by atoms with Crippen LogP contribution < -0.4 is 4.74 Å². The molecule has 0 atom stereocenters. The molecule has 0 aliphatic heterocycles. The van der Waals surface area contributed by atoms with Crippen LogP contribution in [0.2, 0.25) is 5.15 Å². The highest BCUT2D eigenvalue weighted by Crippen LogP contribution is 2.26. The molecule has 0 bridgehead atoms. The Labute approximate surface area is 118 Å². The number of aryl methyl sites for hydroxylation is 1. The molecule has 0 aliphatic rings. The summed E-state index contributed by atoms with van der Waals surface area (Å²) in [6.07, 6.45) is 0.725. The number of hydrogen-bond acceptors (Lipinski definition) is 3. The normalized spacial score (nSPS) is 10.3. The zero-order valence-electron chi connectivity index (χ0n) is 9.15. The van der Waals surface area contributed by atoms with Gasteiger partial charge in [-0.2, -0.15) is 4.98 Å². The van der Waals surface area contributed by atoms with Crippen LogP contribution in [-0.4, -0.2) is 9.97 Å². The fourth-order valence-corrected chi connectivity index (χ4v) is 1.98. The number of rotatable bonds is 3. The predicted molar refractivity (Wildman–Crippen MR) is 75.7 cm³/mol. The van der Waals surface area contributed by atoms with Crippen molar-refractivity contribution in [3.8, 4) is 11.6 Å². The Hall–Kier alpha value is -0.880. The van der Waals surface area contributed by atoms with E-state index in [-0.39, 0.29) is 0 Å². The molecule has 1 heterocycles. The van der Waals surface area contributed by atoms with Crippen molar-refractivity contribution >= 4 is 34.2 Å². The van der Waals surface area contributed by atoms with Crippen molar-refractivity contribution in [3.05, 3.63) is 44.9 Å². The van der Waals surface area contributed by atoms with Gasteiger partial charge >= 0.3 is 0 Å². The SMILES string of the molecule is CCc1nc(Cl)cc(Oc2ccccc2I)n1. The molecule has 17 heavy (non-hydrogen) atoms. The van der Waals surface area contributed by atoms with Crippen molar-refractivity contribution in [3.63, 3.8) is 0 Å². The summed E-state index contributed by atoms with van der Waals surface area (Å²) in [7, 11) is 0. The summed E-state index contributed by atoms with van der Waals surface area (Å²) in [4.78, 5) is 8.36. The third-order valence-corrected chi connectivity index (χ3v) is 3.17. The van der Waals surface area contributed by atoms with Crippen LogP contribution in [0.25, 0.3) is 0 Å². The van der Waals surface area contributed by atoms with E-state index in [9.17, 15) is 0 Å². The fraction of sp³-hybridized carbons (Fsp3) is 0.167. The molecule has 0 radical (unpaired) electrons. The summed E-state index contributed by atoms with van der Waals surface area (Å²) in [5.41, 5.74) is 0. The van der Waals surface area contributed by atoms with Gasteiger partial charge in [0.15, 0.2) is 0 Å². The molecule has 2 aromatic rings. The largest absolute Gasteiger partial charge is 0.438 e. The highest BCUT2D eigenvalue weighted by Gasteiger charge is 2.06. The summed E-state index contributed by atoms with van der Waals surface area (Å²) >= 11 is 8.11. The van der Waals surface area contributed by atoms with E-state index in [4.69, 9.17) is 16.3 Å². The zero-order chi connectivity index (χ0) is 12.3. The molecule has 0 aliphatic carbocycles. The van der Waals surface area contributed by atoms with Crippen molar-refractivity contribution in [1.29, 1.82) is 0 Å². The van der Waals surface area contributed by atoms with Crippen molar-refractivity contribution in [1.82, 2.24) is 9.97 Å². The van der Waals surface area contributed by atoms with Gasteiger partial charge in [-0.1, -0.05) is 30.7 Å². The molecule has 0 saturated carbocycles. The predicted octanol–water partition coefficient (Wildman–Crippen LogP) is 4.09. The molecule has 3 nitrogen and oxygen atoms in total. The van der Waals surface area contributed by atoms with Gasteiger partial charge in [0.2, 0.25) is 5.88 Å². The van der Waals surface area contributed by atoms with Crippen molar-refractivity contribution in [2.24, 2.45) is 0 Å². The number of benzene rings is 1. The van der Waals surface area contributed by atoms with E-state index >= 15 is 0 Å². The first-order valence-corrected chi connectivity index (χ1v) is 6.60. The molecule has 0 fully saturated rings. The quantitative estimate of drug-likeness (QED) is 0.611. The Bertz CT molecular complexity index is 534. The van der Waals surface area contributed by atoms with E-state index in [1.165, 1.54) is 0 Å². The molecule has 2 rings (SSSR count). The summed E-state index contributed by atoms with van der Waals surface area (Å²) < 4.78 is 6.72. The van der Waals surface area contributed by atoms with Gasteiger partial charge in [0, 0.05) is 12.5 Å². The number of para-hydroxylation sites is 1. The second-order valence-corrected chi connectivity index (χ2v) is 4.88. The van der Waals surface area contributed by atoms with Crippen molar-refractivity contribution in [2.45, 2.75) is 13.3 Å². The topological polar surface area (TPSA) is 35.0 Å². The van der Waals surface area contributed by atoms with Gasteiger partial charge in [-0.15, -0.1) is 0 Å². The lowest BCUT2D eigenvalue weighted by atomic mass is 10.3. The smallest absolute Gasteiger partial charge is 0.224 e. The van der Waals surface area contributed by atoms with Gasteiger partial charge in [0.25, 0.3) is 0 Å². The van der Waals surface area contributed by atoms with Crippen LogP contribution in [0.15, 0.2) is 30.3 Å². The molecule has 88 valence electrons. The van der Waals surface area contributed by atoms with Gasteiger partial charge in [0.05, 0.1) is 3.57 Å². The maximum Gasteiger partial charge on any atom is 0.224 e. The Morgan fingerprint density at radius 3 is 2.76 bits per heavy atom. The molecular formula is C12H10ClIN2O. The first kappa shape index (κ1) is 12.6. The van der Waals surface area contributed by atoms with Gasteiger partial charge in [0.1, 0.15) is 16.7 Å². The lowest BCUT2D eigenvalue weighted by molar-refractivity contribution is 0.455. The van der Waals surface area contributed by atoms with Crippen LogP contribution >= 0.6 is 34.2 Å². The summed E-state index contributed by atoms with van der Waals surface area (Å²) in [6, 6.07) is 9.35. The molecule has 0 N–H and O–H groups in total. The van der Waals surface area contributed by atoms with E-state index in [0.29, 0.717) is 16.9 Å². The second kappa shape index (κ2) is 5.64. The fourth-order valence-electron chi connectivity index (χ4n) is 1.29. The Morgan fingerprint density at radius 2 is 2.06 bits per heavy atom. The Kier molecular flexibility index (Phi) is 4.17. The first-order valence-electron chi connectivity index (χ1n) is 5.15. The summed E-state index contributed by atoms with van der Waals surface area (Å²) in [6.45, 7) is 1.97. The maximum atomic E-state index is 5.90. The molecule has 0 amide bonds. The standard InChI is InChI=1S/C12H10ClIN2O/c1-2-11-15-10(13)7-12(16-11)17-9-6-4-3-5-8(9)14/h3-7H,2H2,1H3. The number of aromatic nitrogens is 2. The monoisotopic (exact) mass is 360 g/mol. The van der Waals surface area contributed by atoms with Crippen LogP contribution in [0.5, 0.6) is 11.6 Å². The van der Waals surface area contributed by atoms with E-state index in [1.54, 1.807) is 6.07 Å². The van der Waals surface area contributed by atoms with E-state index < -0.39 is 0 Å². The second-order valence-electron chi connectivity index (χ2n) is 3.33. The lowest BCUT2D eigenvalue weighted by Crippen LogP contribution is -1.97. The van der Waals surface area contributed by atoms with E-state index in [0.717, 1.165) is 15.7 Å². The van der Waals surface area contributed by atoms with Crippen molar-refractivity contribution in [2.75, 3.05) is 0 Å². The number of ether oxygens (including phenoxy) is 1. The van der Waals surface area contributed by atoms with Gasteiger partial charge in [-0.3, -0.25) is 0 Å². The summed E-state index contributed by atoms with van der Waals surface area (Å²) in [5, 5.41) is 0.401. The average molecular weight is 361 g/mol. The molecule has 5 heteroatoms. The Morgan fingerprint density at radius 1 is 1.29 bits per heavy atom. The molecule has 0 saturated heterocycles. The van der Waals surface area contributed by atoms with Gasteiger partial charge in [-0.05, 0) is 34.7 Å². The summed E-state index contributed by atoms with van der Waals surface area (Å²) in [5.74, 6) is 1.93. The number of hydrogen-bond donors (Lipinski definition) is 0. The van der Waals surface area contributed by atoms with Crippen molar-refractivity contribution < 1.29 is 4.74 Å². The highest BCUT2D eigenvalue weighted by atomic mass is 127. The molecule has 0 unspecified atom stereocenters. The van der Waals surface area contributed by atoms with Crippen LogP contribution in [0, 0.1) is 3.57 Å². The maximum absolute atomic E-state index is 5.90. The molecule has 1 aromatic heterocycles. The zero-order valence-corrected chi connectivity index (χ0v) is 12.1. The average Bonchev–Trinajstić information content (AvgIpc) is 2.31. The lowest BCUT2D eigenvalue weighted by Gasteiger charge is -2.07. The van der Waals surface area contributed by atoms with E-state index in [2.05, 4.69) is 32.6 Å². The minimum Gasteiger partial charge on any atom is -0.438 e. The number of nitrogens with zero attached hydrogens (tertiary/aromatic N) is 2. The van der Waals surface area contributed by atoms with Crippen LogP contribution in [-0.2, 0) is 6.42 Å². The van der Waals surface area contributed by atoms with E-state index in [1.807, 2.05) is 31.2 Å². The van der Waals surface area contributed by atoms with Crippen LogP contribution in [0.4, 0.5) is 0 Å². The Balaban J connectivity index is 2.30. The molecule has 0 spiro atoms. The van der Waals surface area contributed by atoms with Gasteiger partial charge in [-0.25, -0.2) is 4.98 Å². The van der Waals surface area contributed by atoms with Gasteiger partial charge < -0.3 is 4.74 Å². The molecular weight excluding hydrogens is 351 g/mol. The first-order chi connectivity index (χ1) is 8.19. The minimum absolute atomic E-state index is 0.401. The third kappa shape index (κ3) is 3.29. The van der Waals surface area contributed by atoms with Crippen LogP contribution in [0.1, 0.15) is 12.7 Å². The highest BCUT2D eigenvalue weighted by molar-refractivity contribution is 14.1.